The number of nitrogens with one attached hydrogen (secondary N) is 1. The number of alkyl halides is 3. The van der Waals surface area contributed by atoms with Crippen LogP contribution in [0.1, 0.15) is 37.2 Å². The van der Waals surface area contributed by atoms with Gasteiger partial charge in [0.1, 0.15) is 10.7 Å². The van der Waals surface area contributed by atoms with Gasteiger partial charge in [0, 0.05) is 17.1 Å². The highest BCUT2D eigenvalue weighted by Crippen LogP contribution is 2.35. The monoisotopic (exact) mass is 421 g/mol. The quantitative estimate of drug-likeness (QED) is 0.303. The second-order valence-electron chi connectivity index (χ2n) is 6.59. The topological polar surface area (TPSA) is 37.3 Å². The Morgan fingerprint density at radius 3 is 2.41 bits per heavy atom. The van der Waals surface area contributed by atoms with E-state index in [4.69, 9.17) is 11.6 Å². The van der Waals surface area contributed by atoms with Crippen LogP contribution in [0.15, 0.2) is 70.5 Å². The van der Waals surface area contributed by atoms with Gasteiger partial charge in [-0.15, -0.1) is 0 Å². The molecule has 0 aliphatic carbocycles. The van der Waals surface area contributed by atoms with E-state index >= 15 is 0 Å². The number of aliphatic imine (C=N–C) groups is 1. The van der Waals surface area contributed by atoms with E-state index in [-0.39, 0.29) is 11.4 Å². The highest BCUT2D eigenvalue weighted by atomic mass is 35.5. The van der Waals surface area contributed by atoms with Crippen molar-refractivity contribution < 1.29 is 13.2 Å². The van der Waals surface area contributed by atoms with Crippen LogP contribution in [0.3, 0.4) is 0 Å². The van der Waals surface area contributed by atoms with Gasteiger partial charge in [0.25, 0.3) is 0 Å². The molecular weight excluding hydrogens is 399 g/mol. The molecule has 0 amide bonds. The molecule has 3 nitrogen and oxygen atoms in total. The summed E-state index contributed by atoms with van der Waals surface area (Å²) in [6.07, 6.45) is -3.04. The first-order chi connectivity index (χ1) is 13.6. The molecule has 1 aromatic carbocycles. The third-order valence-electron chi connectivity index (χ3n) is 4.09. The summed E-state index contributed by atoms with van der Waals surface area (Å²) in [6.45, 7) is 9.01. The molecule has 2 aromatic rings. The van der Waals surface area contributed by atoms with Crippen LogP contribution < -0.4 is 5.32 Å². The molecule has 0 bridgehead atoms. The van der Waals surface area contributed by atoms with E-state index in [1.165, 1.54) is 0 Å². The molecule has 2 rings (SSSR count). The number of rotatable bonds is 7. The van der Waals surface area contributed by atoms with Crippen molar-refractivity contribution in [3.63, 3.8) is 0 Å². The lowest BCUT2D eigenvalue weighted by atomic mass is 10.1. The van der Waals surface area contributed by atoms with E-state index in [0.717, 1.165) is 24.1 Å². The Bertz CT molecular complexity index is 929. The van der Waals surface area contributed by atoms with Crippen molar-refractivity contribution in [2.24, 2.45) is 4.99 Å². The minimum absolute atomic E-state index is 0.290. The maximum atomic E-state index is 13.7. The summed E-state index contributed by atoms with van der Waals surface area (Å²) in [5.74, 6) is 0. The Hall–Kier alpha value is -2.60. The number of aromatic nitrogens is 1. The van der Waals surface area contributed by atoms with Gasteiger partial charge in [-0.25, -0.2) is 4.99 Å². The second kappa shape index (κ2) is 9.74. The van der Waals surface area contributed by atoms with E-state index in [2.05, 4.69) is 21.9 Å². The van der Waals surface area contributed by atoms with Crippen molar-refractivity contribution in [1.29, 1.82) is 0 Å². The lowest BCUT2D eigenvalue weighted by molar-refractivity contribution is -0.0895. The molecule has 1 heterocycles. The lowest BCUT2D eigenvalue weighted by Crippen LogP contribution is -2.19. The Morgan fingerprint density at radius 1 is 1.17 bits per heavy atom. The van der Waals surface area contributed by atoms with Crippen molar-refractivity contribution >= 4 is 23.0 Å². The van der Waals surface area contributed by atoms with Crippen LogP contribution in [0.2, 0.25) is 0 Å². The standard InChI is InChI=1S/C22H23ClF3N3/c1-5-7-17-8-6-9-19(29-17)15(3)28-21(23)20(22(24,25)26)16(4)27-18-12-10-14(2)11-13-18/h6,8-13,27H,4-5,7H2,1-3H3/b21-20+,28-15?. The number of anilines is 1. The summed E-state index contributed by atoms with van der Waals surface area (Å²) >= 11 is 6.01. The van der Waals surface area contributed by atoms with E-state index in [0.29, 0.717) is 11.4 Å². The summed E-state index contributed by atoms with van der Waals surface area (Å²) in [5.41, 5.74) is 1.58. The van der Waals surface area contributed by atoms with Gasteiger partial charge >= 0.3 is 6.18 Å². The van der Waals surface area contributed by atoms with Crippen molar-refractivity contribution in [1.82, 2.24) is 4.98 Å². The number of benzene rings is 1. The van der Waals surface area contributed by atoms with E-state index in [9.17, 15) is 13.2 Å². The van der Waals surface area contributed by atoms with E-state index in [1.54, 1.807) is 43.3 Å². The van der Waals surface area contributed by atoms with Crippen molar-refractivity contribution in [3.8, 4) is 0 Å². The number of halogens is 4. The summed E-state index contributed by atoms with van der Waals surface area (Å²) in [6, 6.07) is 12.3. The van der Waals surface area contributed by atoms with Crippen molar-refractivity contribution in [2.45, 2.75) is 39.8 Å². The van der Waals surface area contributed by atoms with Crippen LogP contribution >= 0.6 is 11.6 Å². The lowest BCUT2D eigenvalue weighted by Gasteiger charge is -2.17. The Kier molecular flexibility index (Phi) is 7.62. The number of aryl methyl sites for hydroxylation is 2. The van der Waals surface area contributed by atoms with E-state index < -0.39 is 16.9 Å². The third kappa shape index (κ3) is 6.46. The molecule has 0 saturated heterocycles. The third-order valence-corrected chi connectivity index (χ3v) is 4.36. The average molecular weight is 422 g/mol. The highest BCUT2D eigenvalue weighted by Gasteiger charge is 2.38. The minimum atomic E-state index is -4.73. The van der Waals surface area contributed by atoms with Crippen LogP contribution in [-0.4, -0.2) is 16.9 Å². The van der Waals surface area contributed by atoms with Gasteiger partial charge in [-0.3, -0.25) is 4.98 Å². The molecule has 1 N–H and O–H groups in total. The molecule has 0 aliphatic heterocycles. The van der Waals surface area contributed by atoms with Gasteiger partial charge < -0.3 is 5.32 Å². The molecule has 154 valence electrons. The van der Waals surface area contributed by atoms with Gasteiger partial charge in [0.05, 0.1) is 11.4 Å². The molecule has 0 atom stereocenters. The highest BCUT2D eigenvalue weighted by molar-refractivity contribution is 6.31. The Labute approximate surface area is 174 Å². The fourth-order valence-electron chi connectivity index (χ4n) is 2.62. The first-order valence-corrected chi connectivity index (χ1v) is 9.51. The maximum Gasteiger partial charge on any atom is 0.421 e. The van der Waals surface area contributed by atoms with Crippen LogP contribution in [0.25, 0.3) is 0 Å². The predicted molar refractivity (Wildman–Crippen MR) is 113 cm³/mol. The number of nitrogens with zero attached hydrogens (tertiary/aromatic N) is 2. The molecule has 0 radical (unpaired) electrons. The molecule has 7 heteroatoms. The van der Waals surface area contributed by atoms with E-state index in [1.807, 2.05) is 19.9 Å². The fraction of sp³-hybridized carbons (Fsp3) is 0.273. The Balaban J connectivity index is 2.38. The summed E-state index contributed by atoms with van der Waals surface area (Å²) < 4.78 is 41.0. The first-order valence-electron chi connectivity index (χ1n) is 9.13. The van der Waals surface area contributed by atoms with Gasteiger partial charge in [-0.2, -0.15) is 13.2 Å². The van der Waals surface area contributed by atoms with Crippen LogP contribution in [0, 0.1) is 6.92 Å². The second-order valence-corrected chi connectivity index (χ2v) is 6.95. The summed E-state index contributed by atoms with van der Waals surface area (Å²) in [7, 11) is 0. The molecule has 29 heavy (non-hydrogen) atoms. The molecular formula is C22H23ClF3N3. The summed E-state index contributed by atoms with van der Waals surface area (Å²) in [5, 5.41) is 1.96. The zero-order chi connectivity index (χ0) is 21.6. The van der Waals surface area contributed by atoms with Gasteiger partial charge in [-0.1, -0.05) is 55.3 Å². The first kappa shape index (κ1) is 22.7. The number of hydrogen-bond donors (Lipinski definition) is 1. The molecule has 0 saturated carbocycles. The van der Waals surface area contributed by atoms with Crippen LogP contribution in [-0.2, 0) is 6.42 Å². The van der Waals surface area contributed by atoms with Crippen LogP contribution in [0.4, 0.5) is 18.9 Å². The number of hydrogen-bond acceptors (Lipinski definition) is 3. The number of pyridine rings is 1. The molecule has 0 fully saturated rings. The molecule has 0 aliphatic rings. The molecule has 1 aromatic heterocycles. The smallest absolute Gasteiger partial charge is 0.355 e. The number of allylic oxidation sites excluding steroid dienone is 1. The SMILES string of the molecule is C=C(Nc1ccc(C)cc1)/C(=C(/Cl)N=C(C)c1cccc(CCC)n1)C(F)(F)F. The molecule has 0 spiro atoms. The average Bonchev–Trinajstić information content (AvgIpc) is 2.63. The Morgan fingerprint density at radius 2 is 1.83 bits per heavy atom. The summed E-state index contributed by atoms with van der Waals surface area (Å²) in [4.78, 5) is 8.40. The maximum absolute atomic E-state index is 13.7. The zero-order valence-corrected chi connectivity index (χ0v) is 17.3. The van der Waals surface area contributed by atoms with Gasteiger partial charge in [-0.05, 0) is 44.5 Å². The zero-order valence-electron chi connectivity index (χ0n) is 16.6. The predicted octanol–water partition coefficient (Wildman–Crippen LogP) is 6.79. The molecule has 0 unspecified atom stereocenters. The van der Waals surface area contributed by atoms with Crippen molar-refractivity contribution in [3.05, 3.63) is 82.4 Å². The normalized spacial score (nSPS) is 13.1. The van der Waals surface area contributed by atoms with Crippen molar-refractivity contribution in [2.75, 3.05) is 5.32 Å². The van der Waals surface area contributed by atoms with Crippen LogP contribution in [0.5, 0.6) is 0 Å². The minimum Gasteiger partial charge on any atom is -0.355 e. The largest absolute Gasteiger partial charge is 0.421 e. The van der Waals surface area contributed by atoms with Gasteiger partial charge in [0.2, 0.25) is 0 Å². The fourth-order valence-corrected chi connectivity index (χ4v) is 2.97. The van der Waals surface area contributed by atoms with Gasteiger partial charge in [0.15, 0.2) is 0 Å².